The molecule has 88 valence electrons. The highest BCUT2D eigenvalue weighted by Crippen LogP contribution is 2.26. The first-order valence-corrected chi connectivity index (χ1v) is 6.33. The summed E-state index contributed by atoms with van der Waals surface area (Å²) in [4.78, 5) is 12.0. The lowest BCUT2D eigenvalue weighted by molar-refractivity contribution is -0.140. The van der Waals surface area contributed by atoms with Crippen LogP contribution >= 0.6 is 11.8 Å². The fourth-order valence-electron chi connectivity index (χ4n) is 1.24. The molecule has 0 amide bonds. The number of para-hydroxylation sites is 1. The van der Waals surface area contributed by atoms with Gasteiger partial charge in [-0.15, -0.1) is 11.8 Å². The number of thioether (sulfide) groups is 1. The predicted octanol–water partition coefficient (Wildman–Crippen LogP) is 2.74. The fourth-order valence-corrected chi connectivity index (χ4v) is 1.78. The molecule has 1 rings (SSSR count). The number of hydrogen-bond donors (Lipinski definition) is 0. The molecule has 0 bridgehead atoms. The minimum atomic E-state index is -0.193. The van der Waals surface area contributed by atoms with E-state index in [9.17, 15) is 4.79 Å². The smallest absolute Gasteiger partial charge is 0.305 e. The molecule has 0 spiro atoms. The van der Waals surface area contributed by atoms with Gasteiger partial charge < -0.3 is 9.47 Å². The highest BCUT2D eigenvalue weighted by Gasteiger charge is 2.03. The Kier molecular flexibility index (Phi) is 5.78. The molecule has 4 heteroatoms. The fraction of sp³-hybridized carbons (Fsp3) is 0.417. The van der Waals surface area contributed by atoms with Crippen LogP contribution in [0.3, 0.4) is 0 Å². The van der Waals surface area contributed by atoms with Crippen molar-refractivity contribution in [1.82, 2.24) is 0 Å². The average Bonchev–Trinajstić information content (AvgIpc) is 2.34. The Balaban J connectivity index is 2.34. The van der Waals surface area contributed by atoms with Crippen LogP contribution in [0.4, 0.5) is 0 Å². The predicted molar refractivity (Wildman–Crippen MR) is 65.0 cm³/mol. The summed E-state index contributed by atoms with van der Waals surface area (Å²) in [7, 11) is 1.40. The van der Waals surface area contributed by atoms with Crippen LogP contribution < -0.4 is 4.74 Å². The molecule has 0 fully saturated rings. The molecule has 0 saturated heterocycles. The lowest BCUT2D eigenvalue weighted by Gasteiger charge is -2.09. The molecule has 0 saturated carbocycles. The first-order valence-electron chi connectivity index (χ1n) is 5.10. The molecule has 0 unspecified atom stereocenters. The molecular formula is C12H16O3S. The van der Waals surface area contributed by atoms with Gasteiger partial charge in [-0.3, -0.25) is 4.79 Å². The van der Waals surface area contributed by atoms with Gasteiger partial charge in [0.25, 0.3) is 0 Å². The Morgan fingerprint density at radius 2 is 2.12 bits per heavy atom. The number of ether oxygens (including phenoxy) is 2. The molecule has 0 aliphatic rings. The first kappa shape index (κ1) is 12.9. The molecule has 1 aromatic rings. The minimum absolute atomic E-state index is 0.193. The van der Waals surface area contributed by atoms with Crippen LogP contribution in [-0.2, 0) is 9.53 Å². The van der Waals surface area contributed by atoms with Crippen molar-refractivity contribution in [2.45, 2.75) is 17.7 Å². The van der Waals surface area contributed by atoms with Gasteiger partial charge in [-0.1, -0.05) is 12.1 Å². The maximum Gasteiger partial charge on any atom is 0.305 e. The molecule has 0 atom stereocenters. The van der Waals surface area contributed by atoms with E-state index in [4.69, 9.17) is 4.74 Å². The molecule has 0 N–H and O–H groups in total. The van der Waals surface area contributed by atoms with Gasteiger partial charge in [0.1, 0.15) is 5.75 Å². The second-order valence-electron chi connectivity index (χ2n) is 3.18. The summed E-state index contributed by atoms with van der Waals surface area (Å²) in [6.45, 7) is 0.534. The highest BCUT2D eigenvalue weighted by molar-refractivity contribution is 7.98. The van der Waals surface area contributed by atoms with E-state index in [1.807, 2.05) is 30.5 Å². The van der Waals surface area contributed by atoms with Gasteiger partial charge in [0.2, 0.25) is 0 Å². The summed E-state index contributed by atoms with van der Waals surface area (Å²) in [6, 6.07) is 7.87. The summed E-state index contributed by atoms with van der Waals surface area (Å²) < 4.78 is 10.1. The standard InChI is InChI=1S/C12H16O3S/c1-14-12(13)8-5-9-15-10-6-3-4-7-11(10)16-2/h3-4,6-7H,5,8-9H2,1-2H3. The Bertz CT molecular complexity index is 339. The van der Waals surface area contributed by atoms with Gasteiger partial charge in [0.15, 0.2) is 0 Å². The highest BCUT2D eigenvalue weighted by atomic mass is 32.2. The van der Waals surface area contributed by atoms with E-state index < -0.39 is 0 Å². The number of benzene rings is 1. The van der Waals surface area contributed by atoms with Crippen molar-refractivity contribution in [2.75, 3.05) is 20.0 Å². The number of rotatable bonds is 6. The van der Waals surface area contributed by atoms with Gasteiger partial charge in [0, 0.05) is 11.3 Å². The van der Waals surface area contributed by atoms with Crippen LogP contribution in [0.25, 0.3) is 0 Å². The molecular weight excluding hydrogens is 224 g/mol. The van der Waals surface area contributed by atoms with Crippen molar-refractivity contribution in [3.05, 3.63) is 24.3 Å². The molecule has 0 aromatic heterocycles. The number of carbonyl (C=O) groups is 1. The van der Waals surface area contributed by atoms with E-state index in [1.165, 1.54) is 7.11 Å². The molecule has 0 aliphatic heterocycles. The average molecular weight is 240 g/mol. The van der Waals surface area contributed by atoms with Crippen LogP contribution in [0.2, 0.25) is 0 Å². The second kappa shape index (κ2) is 7.17. The Morgan fingerprint density at radius 1 is 1.38 bits per heavy atom. The van der Waals surface area contributed by atoms with Crippen molar-refractivity contribution >= 4 is 17.7 Å². The van der Waals surface area contributed by atoms with Gasteiger partial charge >= 0.3 is 5.97 Å². The largest absolute Gasteiger partial charge is 0.492 e. The number of methoxy groups -OCH3 is 1. The van der Waals surface area contributed by atoms with Gasteiger partial charge in [-0.05, 0) is 24.8 Å². The van der Waals surface area contributed by atoms with Crippen LogP contribution in [0.5, 0.6) is 5.75 Å². The Morgan fingerprint density at radius 3 is 2.81 bits per heavy atom. The van der Waals surface area contributed by atoms with E-state index in [-0.39, 0.29) is 5.97 Å². The van der Waals surface area contributed by atoms with Crippen molar-refractivity contribution in [1.29, 1.82) is 0 Å². The maximum atomic E-state index is 10.9. The SMILES string of the molecule is COC(=O)CCCOc1ccccc1SC. The van der Waals surface area contributed by atoms with Gasteiger partial charge in [-0.2, -0.15) is 0 Å². The molecule has 0 aliphatic carbocycles. The summed E-state index contributed by atoms with van der Waals surface area (Å²) >= 11 is 1.65. The molecule has 0 radical (unpaired) electrons. The quantitative estimate of drug-likeness (QED) is 0.435. The third-order valence-corrected chi connectivity index (χ3v) is 2.86. The van der Waals surface area contributed by atoms with Crippen LogP contribution in [0.1, 0.15) is 12.8 Å². The zero-order chi connectivity index (χ0) is 11.8. The topological polar surface area (TPSA) is 35.5 Å². The number of esters is 1. The maximum absolute atomic E-state index is 10.9. The summed E-state index contributed by atoms with van der Waals surface area (Å²) in [5, 5.41) is 0. The van der Waals surface area contributed by atoms with Gasteiger partial charge in [-0.25, -0.2) is 0 Å². The summed E-state index contributed by atoms with van der Waals surface area (Å²) in [5.41, 5.74) is 0. The summed E-state index contributed by atoms with van der Waals surface area (Å²) in [6.07, 6.45) is 3.09. The van der Waals surface area contributed by atoms with E-state index in [1.54, 1.807) is 11.8 Å². The normalized spacial score (nSPS) is 9.88. The van der Waals surface area contributed by atoms with Crippen LogP contribution in [0, 0.1) is 0 Å². The zero-order valence-electron chi connectivity index (χ0n) is 9.56. The van der Waals surface area contributed by atoms with Crippen molar-refractivity contribution in [2.24, 2.45) is 0 Å². The number of hydrogen-bond acceptors (Lipinski definition) is 4. The minimum Gasteiger partial charge on any atom is -0.492 e. The zero-order valence-corrected chi connectivity index (χ0v) is 10.4. The van der Waals surface area contributed by atoms with Crippen LogP contribution in [-0.4, -0.2) is 25.9 Å². The monoisotopic (exact) mass is 240 g/mol. The number of carbonyl (C=O) groups excluding carboxylic acids is 1. The molecule has 3 nitrogen and oxygen atoms in total. The third kappa shape index (κ3) is 4.14. The molecule has 0 heterocycles. The van der Waals surface area contributed by atoms with Crippen molar-refractivity contribution < 1.29 is 14.3 Å². The lowest BCUT2D eigenvalue weighted by atomic mass is 10.3. The van der Waals surface area contributed by atoms with Crippen LogP contribution in [0.15, 0.2) is 29.2 Å². The third-order valence-electron chi connectivity index (χ3n) is 2.08. The molecule has 1 aromatic carbocycles. The Labute approximate surface area is 100 Å². The van der Waals surface area contributed by atoms with E-state index in [0.717, 1.165) is 10.6 Å². The lowest BCUT2D eigenvalue weighted by Crippen LogP contribution is -2.04. The second-order valence-corrected chi connectivity index (χ2v) is 4.03. The summed E-state index contributed by atoms with van der Waals surface area (Å²) in [5.74, 6) is 0.682. The van der Waals surface area contributed by atoms with Crippen molar-refractivity contribution in [3.63, 3.8) is 0 Å². The van der Waals surface area contributed by atoms with E-state index >= 15 is 0 Å². The first-order chi connectivity index (χ1) is 7.77. The molecule has 16 heavy (non-hydrogen) atoms. The van der Waals surface area contributed by atoms with Crippen molar-refractivity contribution in [3.8, 4) is 5.75 Å². The van der Waals surface area contributed by atoms with E-state index in [0.29, 0.717) is 19.4 Å². The Hall–Kier alpha value is -1.16. The van der Waals surface area contributed by atoms with Gasteiger partial charge in [0.05, 0.1) is 13.7 Å². The van der Waals surface area contributed by atoms with E-state index in [2.05, 4.69) is 4.74 Å².